The van der Waals surface area contributed by atoms with Gasteiger partial charge < -0.3 is 4.90 Å². The van der Waals surface area contributed by atoms with Gasteiger partial charge in [-0.25, -0.2) is 4.90 Å². The summed E-state index contributed by atoms with van der Waals surface area (Å²) in [5, 5.41) is 0. The summed E-state index contributed by atoms with van der Waals surface area (Å²) in [7, 11) is 0. The van der Waals surface area contributed by atoms with Gasteiger partial charge in [-0.1, -0.05) is 69.8 Å². The smallest absolute Gasteiger partial charge is 0.257 e. The number of hydrogen-bond donors (Lipinski definition) is 0. The number of benzene rings is 2. The van der Waals surface area contributed by atoms with Gasteiger partial charge in [0.05, 0.1) is 24.4 Å². The third kappa shape index (κ3) is 5.22. The van der Waals surface area contributed by atoms with Crippen molar-refractivity contribution < 1.29 is 14.4 Å². The molecule has 1 unspecified atom stereocenters. The van der Waals surface area contributed by atoms with Crippen molar-refractivity contribution in [3.63, 3.8) is 0 Å². The van der Waals surface area contributed by atoms with Gasteiger partial charge in [-0.3, -0.25) is 19.4 Å². The van der Waals surface area contributed by atoms with E-state index in [0.717, 1.165) is 26.7 Å². The average molecular weight is 518 g/mol. The maximum Gasteiger partial charge on any atom is 0.257 e. The zero-order valence-electron chi connectivity index (χ0n) is 16.6. The molecule has 0 N–H and O–H groups in total. The molecule has 9 heteroatoms. The largest absolute Gasteiger partial charge is 0.325 e. The van der Waals surface area contributed by atoms with Crippen molar-refractivity contribution in [2.24, 2.45) is 4.99 Å². The van der Waals surface area contributed by atoms with Gasteiger partial charge in [-0.15, -0.1) is 0 Å². The Hall–Kier alpha value is -2.10. The normalized spacial score (nSPS) is 18.4. The number of rotatable bonds is 6. The number of thioether (sulfide) groups is 2. The van der Waals surface area contributed by atoms with E-state index < -0.39 is 6.04 Å². The van der Waals surface area contributed by atoms with Crippen LogP contribution in [-0.2, 0) is 20.9 Å². The molecule has 0 aromatic heterocycles. The molecule has 0 aliphatic carbocycles. The van der Waals surface area contributed by atoms with Crippen LogP contribution in [0.4, 0.5) is 5.69 Å². The third-order valence-electron chi connectivity index (χ3n) is 4.98. The molecule has 1 saturated heterocycles. The molecule has 160 valence electrons. The third-order valence-corrected chi connectivity index (χ3v) is 7.74. The van der Waals surface area contributed by atoms with E-state index in [1.165, 1.54) is 16.7 Å². The Morgan fingerprint density at radius 1 is 1.16 bits per heavy atom. The van der Waals surface area contributed by atoms with E-state index in [1.54, 1.807) is 40.9 Å². The Morgan fingerprint density at radius 3 is 2.58 bits per heavy atom. The molecule has 2 aliphatic rings. The first-order valence-corrected chi connectivity index (χ1v) is 12.5. The number of nitrogens with zero attached hydrogens (tertiary/aromatic N) is 3. The van der Waals surface area contributed by atoms with Gasteiger partial charge >= 0.3 is 0 Å². The van der Waals surface area contributed by atoms with E-state index in [-0.39, 0.29) is 36.4 Å². The minimum absolute atomic E-state index is 0.0200. The Bertz CT molecular complexity index is 1010. The molecule has 1 atom stereocenters. The van der Waals surface area contributed by atoms with E-state index >= 15 is 0 Å². The molecule has 0 radical (unpaired) electrons. The van der Waals surface area contributed by atoms with Crippen LogP contribution >= 0.6 is 39.5 Å². The van der Waals surface area contributed by atoms with E-state index in [4.69, 9.17) is 0 Å². The molecule has 31 heavy (non-hydrogen) atoms. The van der Waals surface area contributed by atoms with Crippen LogP contribution in [0, 0.1) is 0 Å². The zero-order valence-corrected chi connectivity index (χ0v) is 19.8. The number of carbonyl (C=O) groups excluding carboxylic acids is 3. The first-order valence-electron chi connectivity index (χ1n) is 9.79. The lowest BCUT2D eigenvalue weighted by molar-refractivity contribution is -0.136. The van der Waals surface area contributed by atoms with Crippen LogP contribution in [0.25, 0.3) is 0 Å². The monoisotopic (exact) mass is 517 g/mol. The van der Waals surface area contributed by atoms with Crippen molar-refractivity contribution in [1.82, 2.24) is 4.90 Å². The molecule has 2 heterocycles. The predicted octanol–water partition coefficient (Wildman–Crippen LogP) is 3.95. The Labute approximate surface area is 197 Å². The highest BCUT2D eigenvalue weighted by Gasteiger charge is 2.44. The molecule has 0 spiro atoms. The van der Waals surface area contributed by atoms with Crippen molar-refractivity contribution in [3.8, 4) is 0 Å². The minimum Gasteiger partial charge on any atom is -0.325 e. The zero-order chi connectivity index (χ0) is 21.8. The molecule has 2 aromatic rings. The lowest BCUT2D eigenvalue weighted by atomic mass is 10.1. The average Bonchev–Trinajstić information content (AvgIpc) is 3.40. The summed E-state index contributed by atoms with van der Waals surface area (Å²) >= 11 is 6.40. The van der Waals surface area contributed by atoms with Crippen LogP contribution < -0.4 is 4.90 Å². The number of amides is 3. The van der Waals surface area contributed by atoms with Crippen molar-refractivity contribution in [2.75, 3.05) is 23.0 Å². The maximum absolute atomic E-state index is 13.3. The lowest BCUT2D eigenvalue weighted by Crippen LogP contribution is -2.45. The number of anilines is 1. The Balaban J connectivity index is 1.56. The molecule has 4 rings (SSSR count). The molecule has 0 saturated carbocycles. The van der Waals surface area contributed by atoms with E-state index in [0.29, 0.717) is 5.69 Å². The molecule has 0 bridgehead atoms. The molecule has 3 amide bonds. The summed E-state index contributed by atoms with van der Waals surface area (Å²) < 4.78 is 1.76. The highest BCUT2D eigenvalue weighted by Crippen LogP contribution is 2.29. The SMILES string of the molecule is O=C1CC(N(Cc2ccccc2)C(=O)CSC2=NCCS2)C(=O)N1c1ccc(Br)cc1. The number of carbonyl (C=O) groups is 3. The van der Waals surface area contributed by atoms with Gasteiger partial charge in [0, 0.05) is 16.8 Å². The summed E-state index contributed by atoms with van der Waals surface area (Å²) in [5.41, 5.74) is 1.43. The van der Waals surface area contributed by atoms with Gasteiger partial charge in [0.25, 0.3) is 5.91 Å². The van der Waals surface area contributed by atoms with Crippen molar-refractivity contribution >= 4 is 67.2 Å². The highest BCUT2D eigenvalue weighted by molar-refractivity contribution is 9.10. The van der Waals surface area contributed by atoms with Gasteiger partial charge in [0.15, 0.2) is 0 Å². The fourth-order valence-electron chi connectivity index (χ4n) is 3.48. The van der Waals surface area contributed by atoms with Crippen molar-refractivity contribution in [2.45, 2.75) is 19.0 Å². The summed E-state index contributed by atoms with van der Waals surface area (Å²) in [4.78, 5) is 46.3. The second kappa shape index (κ2) is 10.0. The van der Waals surface area contributed by atoms with Gasteiger partial charge in [0.1, 0.15) is 10.4 Å². The van der Waals surface area contributed by atoms with Crippen LogP contribution in [0.1, 0.15) is 12.0 Å². The van der Waals surface area contributed by atoms with Crippen LogP contribution in [0.5, 0.6) is 0 Å². The highest BCUT2D eigenvalue weighted by atomic mass is 79.9. The van der Waals surface area contributed by atoms with Gasteiger partial charge in [0.2, 0.25) is 11.8 Å². The summed E-state index contributed by atoms with van der Waals surface area (Å²) in [5.74, 6) is 0.283. The first kappa shape index (κ1) is 22.1. The molecule has 2 aliphatic heterocycles. The standard InChI is InChI=1S/C22H20BrN3O3S2/c23-16-6-8-17(9-7-16)26-19(27)12-18(21(26)29)25(13-15-4-2-1-3-5-15)20(28)14-31-22-24-10-11-30-22/h1-9,18H,10-14H2. The van der Waals surface area contributed by atoms with Gasteiger partial charge in [-0.2, -0.15) is 0 Å². The minimum atomic E-state index is -0.817. The summed E-state index contributed by atoms with van der Waals surface area (Å²) in [6.07, 6.45) is -0.0200. The number of aliphatic imine (C=N–C) groups is 1. The molecule has 1 fully saturated rings. The van der Waals surface area contributed by atoms with E-state index in [1.807, 2.05) is 30.3 Å². The number of hydrogen-bond acceptors (Lipinski definition) is 6. The van der Waals surface area contributed by atoms with Crippen molar-refractivity contribution in [1.29, 1.82) is 0 Å². The van der Waals surface area contributed by atoms with Crippen LogP contribution in [-0.4, -0.2) is 51.1 Å². The summed E-state index contributed by atoms with van der Waals surface area (Å²) in [6.45, 7) is 1.05. The molecular weight excluding hydrogens is 498 g/mol. The van der Waals surface area contributed by atoms with Gasteiger partial charge in [-0.05, 0) is 29.8 Å². The number of halogens is 1. The molecular formula is C22H20BrN3O3S2. The molecule has 6 nitrogen and oxygen atoms in total. The topological polar surface area (TPSA) is 70.0 Å². The van der Waals surface area contributed by atoms with Crippen molar-refractivity contribution in [3.05, 3.63) is 64.6 Å². The second-order valence-electron chi connectivity index (χ2n) is 7.06. The first-order chi connectivity index (χ1) is 15.0. The van der Waals surface area contributed by atoms with E-state index in [9.17, 15) is 14.4 Å². The fourth-order valence-corrected chi connectivity index (χ4v) is 5.64. The second-order valence-corrected chi connectivity index (χ2v) is 10.3. The van der Waals surface area contributed by atoms with Crippen LogP contribution in [0.3, 0.4) is 0 Å². The lowest BCUT2D eigenvalue weighted by Gasteiger charge is -2.28. The predicted molar refractivity (Wildman–Crippen MR) is 129 cm³/mol. The maximum atomic E-state index is 13.3. The quantitative estimate of drug-likeness (QED) is 0.542. The van der Waals surface area contributed by atoms with Crippen LogP contribution in [0.2, 0.25) is 0 Å². The molecule has 2 aromatic carbocycles. The summed E-state index contributed by atoms with van der Waals surface area (Å²) in [6, 6.07) is 15.7. The number of imide groups is 1. The Morgan fingerprint density at radius 2 is 1.90 bits per heavy atom. The Kier molecular flexibility index (Phi) is 7.14. The fraction of sp³-hybridized carbons (Fsp3) is 0.273. The van der Waals surface area contributed by atoms with Crippen LogP contribution in [0.15, 0.2) is 64.1 Å². The van der Waals surface area contributed by atoms with E-state index in [2.05, 4.69) is 20.9 Å².